The van der Waals surface area contributed by atoms with E-state index in [9.17, 15) is 24.8 Å². The molecule has 0 aliphatic carbocycles. The monoisotopic (exact) mass is 646 g/mol. The van der Waals surface area contributed by atoms with Crippen LogP contribution in [0.3, 0.4) is 0 Å². The molecule has 5 heterocycles. The van der Waals surface area contributed by atoms with E-state index in [2.05, 4.69) is 9.97 Å². The SMILES string of the molecule is C[C@@H](O)[C@H]1C(=O)N2C(C(=O)OCc3ccc([N+](=O)[O-])cc3)=C(SC3CN(c4ccccn4)C(=S)N(c4ccccn4)C3)[C@H](C)[C@H]12. The van der Waals surface area contributed by atoms with Crippen LogP contribution in [-0.4, -0.2) is 72.4 Å². The standard InChI is InChI=1S/C31H30N6O6S2/c1-18-26-25(19(2)38)29(39)36(26)27(30(40)43-17-20-9-11-21(12-10-20)37(41)42)28(18)45-22-15-34(23-7-3-5-13-32-23)31(44)35(16-22)24-8-4-6-14-33-24/h3-14,18-19,22,25-26,38H,15-17H2,1-2H3/t18-,19-,25-,26-/m1/s1. The van der Waals surface area contributed by atoms with E-state index in [0.29, 0.717) is 40.3 Å². The number of carbonyl (C=O) groups is 2. The van der Waals surface area contributed by atoms with Gasteiger partial charge >= 0.3 is 5.97 Å². The highest BCUT2D eigenvalue weighted by Gasteiger charge is 2.60. The third-order valence-electron chi connectivity index (χ3n) is 8.20. The van der Waals surface area contributed by atoms with Crippen LogP contribution in [-0.2, 0) is 20.9 Å². The molecule has 1 N–H and O–H groups in total. The molecule has 1 amide bonds. The van der Waals surface area contributed by atoms with Gasteiger partial charge in [-0.3, -0.25) is 14.9 Å². The third-order valence-corrected chi connectivity index (χ3v) is 10.1. The summed E-state index contributed by atoms with van der Waals surface area (Å²) >= 11 is 7.40. The van der Waals surface area contributed by atoms with Gasteiger partial charge < -0.3 is 24.5 Å². The number of benzene rings is 1. The summed E-state index contributed by atoms with van der Waals surface area (Å²) in [4.78, 5) is 52.6. The van der Waals surface area contributed by atoms with E-state index in [1.807, 2.05) is 53.1 Å². The lowest BCUT2D eigenvalue weighted by Crippen LogP contribution is -2.63. The predicted octanol–water partition coefficient (Wildman–Crippen LogP) is 3.91. The van der Waals surface area contributed by atoms with Crippen LogP contribution in [0.25, 0.3) is 0 Å². The number of aromatic nitrogens is 2. The molecule has 0 unspecified atom stereocenters. The Bertz CT molecular complexity index is 1600. The molecule has 12 nitrogen and oxygen atoms in total. The number of hydrogen-bond donors (Lipinski definition) is 1. The van der Waals surface area contributed by atoms with Crippen molar-refractivity contribution < 1.29 is 24.4 Å². The zero-order valence-corrected chi connectivity index (χ0v) is 26.1. The second kappa shape index (κ2) is 12.5. The number of thiocarbonyl (C=S) groups is 1. The Hall–Kier alpha value is -4.40. The number of esters is 1. The number of pyridine rings is 2. The number of carbonyl (C=O) groups excluding carboxylic acids is 2. The molecule has 2 saturated heterocycles. The van der Waals surface area contributed by atoms with Crippen molar-refractivity contribution in [3.63, 3.8) is 0 Å². The van der Waals surface area contributed by atoms with Gasteiger partial charge in [0.25, 0.3) is 5.69 Å². The van der Waals surface area contributed by atoms with Crippen LogP contribution < -0.4 is 9.80 Å². The maximum atomic E-state index is 13.7. The van der Waals surface area contributed by atoms with Crippen LogP contribution in [0.1, 0.15) is 19.4 Å². The molecule has 0 spiro atoms. The molecule has 0 saturated carbocycles. The average Bonchev–Trinajstić information content (AvgIpc) is 3.28. The van der Waals surface area contributed by atoms with Crippen molar-refractivity contribution in [1.82, 2.24) is 14.9 Å². The smallest absolute Gasteiger partial charge is 0.356 e. The number of nitro benzene ring substituents is 1. The van der Waals surface area contributed by atoms with Crippen molar-refractivity contribution in [3.8, 4) is 0 Å². The molecule has 0 radical (unpaired) electrons. The Morgan fingerprint density at radius 3 is 2.20 bits per heavy atom. The minimum Gasteiger partial charge on any atom is -0.456 e. The Morgan fingerprint density at radius 1 is 1.09 bits per heavy atom. The van der Waals surface area contributed by atoms with Gasteiger partial charge in [-0.25, -0.2) is 14.8 Å². The molecule has 6 rings (SSSR count). The summed E-state index contributed by atoms with van der Waals surface area (Å²) in [6, 6.07) is 16.6. The second-order valence-electron chi connectivity index (χ2n) is 11.1. The van der Waals surface area contributed by atoms with E-state index in [1.165, 1.54) is 40.9 Å². The molecule has 1 aromatic carbocycles. The normalized spacial score (nSPS) is 22.3. The number of hydrogen-bond acceptors (Lipinski definition) is 10. The molecule has 232 valence electrons. The van der Waals surface area contributed by atoms with Crippen LogP contribution in [0.5, 0.6) is 0 Å². The molecule has 0 bridgehead atoms. The number of aliphatic hydroxyl groups excluding tert-OH is 1. The lowest BCUT2D eigenvalue weighted by Gasteiger charge is -2.46. The number of thioether (sulfide) groups is 1. The quantitative estimate of drug-likeness (QED) is 0.118. The van der Waals surface area contributed by atoms with Crippen molar-refractivity contribution in [1.29, 1.82) is 0 Å². The lowest BCUT2D eigenvalue weighted by atomic mass is 9.79. The van der Waals surface area contributed by atoms with Gasteiger partial charge in [0, 0.05) is 53.7 Å². The highest BCUT2D eigenvalue weighted by Crippen LogP contribution is 2.52. The van der Waals surface area contributed by atoms with Crippen molar-refractivity contribution in [2.75, 3.05) is 22.9 Å². The summed E-state index contributed by atoms with van der Waals surface area (Å²) < 4.78 is 5.68. The first-order chi connectivity index (χ1) is 21.7. The molecule has 45 heavy (non-hydrogen) atoms. The first-order valence-electron chi connectivity index (χ1n) is 14.4. The van der Waals surface area contributed by atoms with Gasteiger partial charge in [-0.05, 0) is 61.1 Å². The first kappa shape index (κ1) is 30.6. The topological polar surface area (TPSA) is 142 Å². The molecule has 3 aliphatic rings. The zero-order chi connectivity index (χ0) is 31.8. The summed E-state index contributed by atoms with van der Waals surface area (Å²) in [5.41, 5.74) is 0.671. The number of β-lactam (4-membered cyclic amide) rings is 1. The number of amides is 1. The Morgan fingerprint density at radius 2 is 1.69 bits per heavy atom. The average molecular weight is 647 g/mol. The molecular weight excluding hydrogens is 617 g/mol. The fourth-order valence-electron chi connectivity index (χ4n) is 6.03. The van der Waals surface area contributed by atoms with E-state index >= 15 is 0 Å². The number of nitrogens with zero attached hydrogens (tertiary/aromatic N) is 6. The third kappa shape index (κ3) is 5.76. The molecule has 3 aliphatic heterocycles. The van der Waals surface area contributed by atoms with Crippen molar-refractivity contribution in [3.05, 3.63) is 99.3 Å². The van der Waals surface area contributed by atoms with Gasteiger partial charge in [-0.1, -0.05) is 19.1 Å². The number of non-ortho nitro benzene ring substituents is 1. The Labute approximate surface area is 268 Å². The number of aliphatic hydroxyl groups is 1. The number of anilines is 2. The number of fused-ring (bicyclic) bond motifs is 1. The van der Waals surface area contributed by atoms with Crippen LogP contribution in [0.2, 0.25) is 0 Å². The van der Waals surface area contributed by atoms with Gasteiger partial charge in [0.05, 0.1) is 23.0 Å². The van der Waals surface area contributed by atoms with Gasteiger partial charge in [0.2, 0.25) is 5.91 Å². The summed E-state index contributed by atoms with van der Waals surface area (Å²) in [5, 5.41) is 21.9. The highest BCUT2D eigenvalue weighted by molar-refractivity contribution is 8.03. The van der Waals surface area contributed by atoms with Crippen molar-refractivity contribution in [2.45, 2.75) is 37.9 Å². The minimum atomic E-state index is -0.880. The van der Waals surface area contributed by atoms with Crippen LogP contribution in [0.4, 0.5) is 17.3 Å². The fraction of sp³-hybridized carbons (Fsp3) is 0.323. The number of ether oxygens (including phenoxy) is 1. The predicted molar refractivity (Wildman–Crippen MR) is 172 cm³/mol. The molecule has 2 aromatic heterocycles. The van der Waals surface area contributed by atoms with Gasteiger partial charge in [-0.15, -0.1) is 11.8 Å². The molecule has 4 atom stereocenters. The summed E-state index contributed by atoms with van der Waals surface area (Å²) in [5.74, 6) is -0.512. The van der Waals surface area contributed by atoms with E-state index in [0.717, 1.165) is 0 Å². The van der Waals surface area contributed by atoms with Gasteiger partial charge in [0.1, 0.15) is 23.9 Å². The molecule has 2 fully saturated rings. The maximum absolute atomic E-state index is 13.7. The first-order valence-corrected chi connectivity index (χ1v) is 15.7. The fourth-order valence-corrected chi connectivity index (χ4v) is 7.82. The second-order valence-corrected chi connectivity index (χ2v) is 12.8. The van der Waals surface area contributed by atoms with Gasteiger partial charge in [0.15, 0.2) is 5.11 Å². The van der Waals surface area contributed by atoms with Crippen molar-refractivity contribution in [2.24, 2.45) is 11.8 Å². The van der Waals surface area contributed by atoms with Crippen molar-refractivity contribution >= 4 is 58.3 Å². The summed E-state index contributed by atoms with van der Waals surface area (Å²) in [6.07, 6.45) is 2.52. The Kier molecular flexibility index (Phi) is 8.53. The van der Waals surface area contributed by atoms with Crippen LogP contribution in [0, 0.1) is 22.0 Å². The van der Waals surface area contributed by atoms with E-state index in [4.69, 9.17) is 17.0 Å². The Balaban J connectivity index is 1.31. The minimum absolute atomic E-state index is 0.0688. The van der Waals surface area contributed by atoms with Crippen LogP contribution in [0.15, 0.2) is 83.7 Å². The lowest BCUT2D eigenvalue weighted by molar-refractivity contribution is -0.384. The van der Waals surface area contributed by atoms with Gasteiger partial charge in [-0.2, -0.15) is 0 Å². The van der Waals surface area contributed by atoms with E-state index in [-0.39, 0.29) is 41.1 Å². The highest BCUT2D eigenvalue weighted by atomic mass is 32.2. The molecule has 14 heteroatoms. The largest absolute Gasteiger partial charge is 0.456 e. The van der Waals surface area contributed by atoms with E-state index < -0.39 is 22.9 Å². The molecule has 3 aromatic rings. The summed E-state index contributed by atoms with van der Waals surface area (Å²) in [7, 11) is 0. The van der Waals surface area contributed by atoms with Crippen LogP contribution >= 0.6 is 24.0 Å². The van der Waals surface area contributed by atoms with E-state index in [1.54, 1.807) is 19.3 Å². The maximum Gasteiger partial charge on any atom is 0.356 e. The zero-order valence-electron chi connectivity index (χ0n) is 24.4. The molecular formula is C31H30N6O6S2. The number of nitro groups is 1. The summed E-state index contributed by atoms with van der Waals surface area (Å²) in [6.45, 7) is 4.39. The number of rotatable bonds is 9.